The first kappa shape index (κ1) is 14.2. The molecule has 5 heteroatoms. The first-order chi connectivity index (χ1) is 10.1. The third-order valence-corrected chi connectivity index (χ3v) is 4.64. The molecule has 112 valence electrons. The fourth-order valence-electron chi connectivity index (χ4n) is 3.29. The second-order valence-electron chi connectivity index (χ2n) is 6.13. The maximum absolute atomic E-state index is 11.9. The Morgan fingerprint density at radius 2 is 1.86 bits per heavy atom. The Morgan fingerprint density at radius 1 is 1.10 bits per heavy atom. The summed E-state index contributed by atoms with van der Waals surface area (Å²) in [6.45, 7) is 0. The van der Waals surface area contributed by atoms with Gasteiger partial charge >= 0.3 is 0 Å². The lowest BCUT2D eigenvalue weighted by molar-refractivity contribution is -0.134. The van der Waals surface area contributed by atoms with Crippen molar-refractivity contribution in [1.82, 2.24) is 10.3 Å². The van der Waals surface area contributed by atoms with Gasteiger partial charge in [0.05, 0.1) is 5.92 Å². The lowest BCUT2D eigenvalue weighted by Gasteiger charge is -2.26. The van der Waals surface area contributed by atoms with Crippen LogP contribution >= 0.6 is 0 Å². The molecule has 0 aromatic carbocycles. The number of rotatable bonds is 2. The molecule has 0 radical (unpaired) electrons. The molecule has 0 spiro atoms. The molecule has 3 N–H and O–H groups in total. The largest absolute Gasteiger partial charge is 0.328 e. The second-order valence-corrected chi connectivity index (χ2v) is 6.13. The molecule has 2 aliphatic rings. The molecule has 1 aromatic heterocycles. The van der Waals surface area contributed by atoms with Crippen molar-refractivity contribution in [2.24, 2.45) is 5.73 Å². The maximum atomic E-state index is 11.9. The number of hydrogen-bond acceptors (Lipinski definition) is 4. The van der Waals surface area contributed by atoms with Gasteiger partial charge in [0.2, 0.25) is 11.8 Å². The summed E-state index contributed by atoms with van der Waals surface area (Å²) in [5, 5.41) is 2.39. The Hall–Kier alpha value is -1.75. The number of imide groups is 1. The number of pyridine rings is 1. The minimum Gasteiger partial charge on any atom is -0.328 e. The van der Waals surface area contributed by atoms with Crippen molar-refractivity contribution in [3.05, 3.63) is 29.6 Å². The highest BCUT2D eigenvalue weighted by molar-refractivity contribution is 6.00. The number of nitrogens with two attached hydrogens (primary N) is 1. The third-order valence-electron chi connectivity index (χ3n) is 4.64. The van der Waals surface area contributed by atoms with Crippen LogP contribution in [0.2, 0.25) is 0 Å². The van der Waals surface area contributed by atoms with Gasteiger partial charge in [-0.15, -0.1) is 0 Å². The summed E-state index contributed by atoms with van der Waals surface area (Å²) in [7, 11) is 0. The maximum Gasteiger partial charge on any atom is 0.234 e. The van der Waals surface area contributed by atoms with Gasteiger partial charge in [-0.3, -0.25) is 19.9 Å². The zero-order chi connectivity index (χ0) is 14.8. The Kier molecular flexibility index (Phi) is 4.01. The smallest absolute Gasteiger partial charge is 0.234 e. The van der Waals surface area contributed by atoms with Crippen LogP contribution in [-0.4, -0.2) is 22.8 Å². The van der Waals surface area contributed by atoms with E-state index in [0.29, 0.717) is 24.8 Å². The van der Waals surface area contributed by atoms with Crippen molar-refractivity contribution in [3.63, 3.8) is 0 Å². The van der Waals surface area contributed by atoms with E-state index in [9.17, 15) is 9.59 Å². The minimum absolute atomic E-state index is 0.181. The Balaban J connectivity index is 1.69. The molecular weight excluding hydrogens is 266 g/mol. The molecule has 1 aliphatic heterocycles. The highest BCUT2D eigenvalue weighted by Crippen LogP contribution is 2.32. The van der Waals surface area contributed by atoms with Crippen LogP contribution in [0.5, 0.6) is 0 Å². The fraction of sp³-hybridized carbons (Fsp3) is 0.562. The highest BCUT2D eigenvalue weighted by atomic mass is 16.2. The molecule has 0 bridgehead atoms. The normalized spacial score (nSPS) is 30.0. The van der Waals surface area contributed by atoms with Crippen LogP contribution in [0.1, 0.15) is 61.6 Å². The molecular formula is C16H21N3O2. The monoisotopic (exact) mass is 287 g/mol. The first-order valence-electron chi connectivity index (χ1n) is 7.68. The summed E-state index contributed by atoms with van der Waals surface area (Å²) in [5.41, 5.74) is 7.93. The van der Waals surface area contributed by atoms with Crippen LogP contribution in [0.25, 0.3) is 0 Å². The molecule has 2 fully saturated rings. The molecule has 5 nitrogen and oxygen atoms in total. The van der Waals surface area contributed by atoms with Crippen LogP contribution in [-0.2, 0) is 9.59 Å². The lowest BCUT2D eigenvalue weighted by atomic mass is 9.83. The summed E-state index contributed by atoms with van der Waals surface area (Å²) in [5.74, 6) is -0.145. The molecule has 2 heterocycles. The van der Waals surface area contributed by atoms with Crippen molar-refractivity contribution in [2.75, 3.05) is 0 Å². The average molecular weight is 287 g/mol. The number of carbonyl (C=O) groups is 2. The van der Waals surface area contributed by atoms with Gasteiger partial charge in [0.25, 0.3) is 0 Å². The molecule has 21 heavy (non-hydrogen) atoms. The van der Waals surface area contributed by atoms with Crippen molar-refractivity contribution in [2.45, 2.75) is 56.4 Å². The van der Waals surface area contributed by atoms with Crippen LogP contribution in [0.4, 0.5) is 0 Å². The van der Waals surface area contributed by atoms with E-state index in [-0.39, 0.29) is 17.7 Å². The van der Waals surface area contributed by atoms with E-state index in [1.807, 2.05) is 12.1 Å². The minimum atomic E-state index is -0.246. The number of aromatic nitrogens is 1. The van der Waals surface area contributed by atoms with E-state index in [2.05, 4.69) is 10.3 Å². The van der Waals surface area contributed by atoms with E-state index in [0.717, 1.165) is 36.9 Å². The Morgan fingerprint density at radius 3 is 2.48 bits per heavy atom. The van der Waals surface area contributed by atoms with E-state index in [1.54, 1.807) is 6.20 Å². The molecule has 1 aromatic rings. The second kappa shape index (κ2) is 5.93. The van der Waals surface area contributed by atoms with Crippen molar-refractivity contribution >= 4 is 11.8 Å². The van der Waals surface area contributed by atoms with Gasteiger partial charge in [0.1, 0.15) is 0 Å². The summed E-state index contributed by atoms with van der Waals surface area (Å²) in [6, 6.07) is 4.35. The van der Waals surface area contributed by atoms with Gasteiger partial charge in [-0.05, 0) is 43.7 Å². The summed E-state index contributed by atoms with van der Waals surface area (Å²) in [6.07, 6.45) is 7.06. The molecule has 1 unspecified atom stereocenters. The van der Waals surface area contributed by atoms with Crippen molar-refractivity contribution in [1.29, 1.82) is 0 Å². The molecule has 1 aliphatic carbocycles. The van der Waals surface area contributed by atoms with E-state index in [1.165, 1.54) is 0 Å². The third kappa shape index (κ3) is 3.13. The van der Waals surface area contributed by atoms with Crippen molar-refractivity contribution in [3.8, 4) is 0 Å². The van der Waals surface area contributed by atoms with Crippen LogP contribution in [0.15, 0.2) is 18.3 Å². The van der Waals surface area contributed by atoms with Crippen LogP contribution in [0, 0.1) is 0 Å². The first-order valence-corrected chi connectivity index (χ1v) is 7.68. The molecule has 1 atom stereocenters. The van der Waals surface area contributed by atoms with Crippen LogP contribution < -0.4 is 11.1 Å². The SMILES string of the molecule is NC1CCC(c2ccc(C3CCC(=O)NC3=O)cn2)CC1. The number of amides is 2. The molecule has 3 rings (SSSR count). The van der Waals surface area contributed by atoms with Crippen LogP contribution in [0.3, 0.4) is 0 Å². The summed E-state index contributed by atoms with van der Waals surface area (Å²) >= 11 is 0. The number of nitrogens with zero attached hydrogens (tertiary/aromatic N) is 1. The Bertz CT molecular complexity index is 533. The number of carbonyl (C=O) groups excluding carboxylic acids is 2. The topological polar surface area (TPSA) is 85.1 Å². The lowest BCUT2D eigenvalue weighted by Crippen LogP contribution is -2.39. The van der Waals surface area contributed by atoms with Gasteiger partial charge < -0.3 is 5.73 Å². The summed E-state index contributed by atoms with van der Waals surface area (Å²) < 4.78 is 0. The average Bonchev–Trinajstić information content (AvgIpc) is 2.48. The van der Waals surface area contributed by atoms with Gasteiger partial charge in [-0.25, -0.2) is 0 Å². The summed E-state index contributed by atoms with van der Waals surface area (Å²) in [4.78, 5) is 27.6. The predicted octanol–water partition coefficient (Wildman–Crippen LogP) is 1.59. The Labute approximate surface area is 124 Å². The zero-order valence-electron chi connectivity index (χ0n) is 12.0. The quantitative estimate of drug-likeness (QED) is 0.809. The number of piperidine rings is 1. The molecule has 1 saturated heterocycles. The molecule has 1 saturated carbocycles. The zero-order valence-corrected chi connectivity index (χ0v) is 12.0. The van der Waals surface area contributed by atoms with Crippen molar-refractivity contribution < 1.29 is 9.59 Å². The fourth-order valence-corrected chi connectivity index (χ4v) is 3.29. The highest BCUT2D eigenvalue weighted by Gasteiger charge is 2.28. The van der Waals surface area contributed by atoms with E-state index >= 15 is 0 Å². The number of hydrogen-bond donors (Lipinski definition) is 2. The van der Waals surface area contributed by atoms with Gasteiger partial charge in [0, 0.05) is 30.3 Å². The number of nitrogens with one attached hydrogen (secondary N) is 1. The molecule has 2 amide bonds. The van der Waals surface area contributed by atoms with E-state index in [4.69, 9.17) is 5.73 Å². The van der Waals surface area contributed by atoms with Gasteiger partial charge in [-0.2, -0.15) is 0 Å². The van der Waals surface area contributed by atoms with Gasteiger partial charge in [0.15, 0.2) is 0 Å². The standard InChI is InChI=1S/C16H21N3O2/c17-12-4-1-10(2-5-12)14-7-3-11(9-18-14)13-6-8-15(20)19-16(13)21/h3,7,9-10,12-13H,1-2,4-6,8,17H2,(H,19,20,21). The predicted molar refractivity (Wildman–Crippen MR) is 78.5 cm³/mol. The van der Waals surface area contributed by atoms with Gasteiger partial charge in [-0.1, -0.05) is 6.07 Å². The van der Waals surface area contributed by atoms with E-state index < -0.39 is 0 Å².